The first kappa shape index (κ1) is 14.4. The topological polar surface area (TPSA) is 66.4 Å². The molecule has 2 unspecified atom stereocenters. The van der Waals surface area contributed by atoms with Crippen molar-refractivity contribution in [3.63, 3.8) is 0 Å². The highest BCUT2D eigenvalue weighted by atomic mass is 35.5. The number of rotatable bonds is 4. The summed E-state index contributed by atoms with van der Waals surface area (Å²) in [6.07, 6.45) is 3.87. The summed E-state index contributed by atoms with van der Waals surface area (Å²) in [5.74, 6) is -1.30. The van der Waals surface area contributed by atoms with Crippen molar-refractivity contribution in [3.05, 3.63) is 34.9 Å². The Hall–Kier alpha value is -1.55. The Balaban J connectivity index is 1.73. The van der Waals surface area contributed by atoms with Gasteiger partial charge in [0.15, 0.2) is 0 Å². The molecule has 2 atom stereocenters. The number of carboxylic acid groups (broad SMARTS) is 1. The van der Waals surface area contributed by atoms with Crippen LogP contribution in [0.3, 0.4) is 0 Å². The third-order valence-corrected chi connectivity index (χ3v) is 4.98. The van der Waals surface area contributed by atoms with Crippen LogP contribution in [0.2, 0.25) is 5.02 Å². The minimum absolute atomic E-state index is 0.0389. The van der Waals surface area contributed by atoms with Gasteiger partial charge in [-0.05, 0) is 43.4 Å². The number of carboxylic acids is 1. The lowest BCUT2D eigenvalue weighted by molar-refractivity contribution is -0.142. The van der Waals surface area contributed by atoms with E-state index >= 15 is 0 Å². The minimum atomic E-state index is -0.811. The van der Waals surface area contributed by atoms with Crippen molar-refractivity contribution in [1.29, 1.82) is 0 Å². The molecule has 21 heavy (non-hydrogen) atoms. The van der Waals surface area contributed by atoms with Crippen LogP contribution in [0.5, 0.6) is 0 Å². The maximum Gasteiger partial charge on any atom is 0.308 e. The zero-order chi connectivity index (χ0) is 15.0. The van der Waals surface area contributed by atoms with Crippen molar-refractivity contribution in [2.24, 2.45) is 5.92 Å². The molecule has 2 fully saturated rings. The van der Waals surface area contributed by atoms with Crippen molar-refractivity contribution in [3.8, 4) is 0 Å². The molecule has 2 saturated carbocycles. The van der Waals surface area contributed by atoms with Gasteiger partial charge >= 0.3 is 5.97 Å². The molecule has 5 heteroatoms. The van der Waals surface area contributed by atoms with Gasteiger partial charge in [0.1, 0.15) is 0 Å². The van der Waals surface area contributed by atoms with Crippen molar-refractivity contribution in [2.75, 3.05) is 0 Å². The monoisotopic (exact) mass is 307 g/mol. The number of aliphatic carboxylic acids is 1. The van der Waals surface area contributed by atoms with Gasteiger partial charge in [-0.3, -0.25) is 9.59 Å². The Morgan fingerprint density at radius 2 is 1.86 bits per heavy atom. The molecule has 0 saturated heterocycles. The first-order chi connectivity index (χ1) is 10.0. The lowest BCUT2D eigenvalue weighted by atomic mass is 9.94. The van der Waals surface area contributed by atoms with Crippen LogP contribution in [0.1, 0.15) is 37.7 Å². The van der Waals surface area contributed by atoms with Crippen molar-refractivity contribution < 1.29 is 14.7 Å². The lowest BCUT2D eigenvalue weighted by Crippen LogP contribution is -2.45. The van der Waals surface area contributed by atoms with E-state index in [0.29, 0.717) is 11.4 Å². The predicted octanol–water partition coefficient (Wildman–Crippen LogP) is 2.74. The normalized spacial score (nSPS) is 26.3. The van der Waals surface area contributed by atoms with E-state index in [1.807, 2.05) is 12.1 Å². The Kier molecular flexibility index (Phi) is 3.66. The van der Waals surface area contributed by atoms with Crippen LogP contribution in [0, 0.1) is 5.92 Å². The van der Waals surface area contributed by atoms with E-state index in [1.54, 1.807) is 12.1 Å². The summed E-state index contributed by atoms with van der Waals surface area (Å²) in [6.45, 7) is 0. The summed E-state index contributed by atoms with van der Waals surface area (Å²) in [7, 11) is 0. The smallest absolute Gasteiger partial charge is 0.308 e. The number of amides is 1. The largest absolute Gasteiger partial charge is 0.481 e. The Bertz CT molecular complexity index is 565. The zero-order valence-corrected chi connectivity index (χ0v) is 12.4. The minimum Gasteiger partial charge on any atom is -0.481 e. The number of hydrogen-bond acceptors (Lipinski definition) is 2. The molecule has 0 heterocycles. The summed E-state index contributed by atoms with van der Waals surface area (Å²) in [5, 5.41) is 12.8. The van der Waals surface area contributed by atoms with Crippen LogP contribution in [0.25, 0.3) is 0 Å². The van der Waals surface area contributed by atoms with Crippen molar-refractivity contribution in [1.82, 2.24) is 5.32 Å². The fraction of sp³-hybridized carbons (Fsp3) is 0.500. The summed E-state index contributed by atoms with van der Waals surface area (Å²) in [5.41, 5.74) is 0.491. The Morgan fingerprint density at radius 1 is 1.19 bits per heavy atom. The second-order valence-corrected chi connectivity index (χ2v) is 6.48. The van der Waals surface area contributed by atoms with Crippen LogP contribution in [0.4, 0.5) is 0 Å². The van der Waals surface area contributed by atoms with Crippen molar-refractivity contribution in [2.45, 2.75) is 43.6 Å². The van der Waals surface area contributed by atoms with Gasteiger partial charge in [0.05, 0.1) is 11.3 Å². The van der Waals surface area contributed by atoms with Gasteiger partial charge in [-0.2, -0.15) is 0 Å². The molecular weight excluding hydrogens is 290 g/mol. The second kappa shape index (κ2) is 5.34. The van der Waals surface area contributed by atoms with Crippen LogP contribution < -0.4 is 5.32 Å². The summed E-state index contributed by atoms with van der Waals surface area (Å²) in [6, 6.07) is 7.12. The Labute approximate surface area is 128 Å². The molecule has 1 amide bonds. The molecule has 0 radical (unpaired) electrons. The van der Waals surface area contributed by atoms with Crippen LogP contribution in [0.15, 0.2) is 24.3 Å². The molecule has 0 spiro atoms. The zero-order valence-electron chi connectivity index (χ0n) is 11.6. The van der Waals surface area contributed by atoms with Gasteiger partial charge in [-0.15, -0.1) is 0 Å². The second-order valence-electron chi connectivity index (χ2n) is 6.04. The molecule has 1 aromatic carbocycles. The molecular formula is C16H18ClNO3. The predicted molar refractivity (Wildman–Crippen MR) is 79.3 cm³/mol. The average molecular weight is 308 g/mol. The van der Waals surface area contributed by atoms with Crippen LogP contribution in [-0.2, 0) is 15.0 Å². The van der Waals surface area contributed by atoms with E-state index in [1.165, 1.54) is 0 Å². The molecule has 3 rings (SSSR count). The maximum atomic E-state index is 12.6. The molecule has 2 aliphatic carbocycles. The third-order valence-electron chi connectivity index (χ3n) is 4.73. The molecule has 4 nitrogen and oxygen atoms in total. The van der Waals surface area contributed by atoms with E-state index in [0.717, 1.165) is 31.2 Å². The highest BCUT2D eigenvalue weighted by Gasteiger charge is 2.52. The SMILES string of the molecule is O=C(O)C1CCCC1NC(=O)C1(c2ccc(Cl)cc2)CC1. The fourth-order valence-electron chi connectivity index (χ4n) is 3.28. The molecule has 2 aliphatic rings. The molecule has 0 aliphatic heterocycles. The molecule has 1 aromatic rings. The maximum absolute atomic E-state index is 12.6. The molecule has 2 N–H and O–H groups in total. The van der Waals surface area contributed by atoms with E-state index in [2.05, 4.69) is 5.32 Å². The highest BCUT2D eigenvalue weighted by molar-refractivity contribution is 6.30. The number of carbonyl (C=O) groups is 2. The first-order valence-corrected chi connectivity index (χ1v) is 7.70. The number of nitrogens with one attached hydrogen (secondary N) is 1. The summed E-state index contributed by atoms with van der Waals surface area (Å²) >= 11 is 5.89. The van der Waals surface area contributed by atoms with Gasteiger partial charge in [0.2, 0.25) is 5.91 Å². The standard InChI is InChI=1S/C16H18ClNO3/c17-11-6-4-10(5-7-11)16(8-9-16)15(21)18-13-3-1-2-12(13)14(19)20/h4-7,12-13H,1-3,8-9H2,(H,18,21)(H,19,20). The van der Waals surface area contributed by atoms with Gasteiger partial charge in [0.25, 0.3) is 0 Å². The number of halogens is 1. The number of hydrogen-bond donors (Lipinski definition) is 2. The highest BCUT2D eigenvalue weighted by Crippen LogP contribution is 2.49. The number of carbonyl (C=O) groups excluding carboxylic acids is 1. The van der Waals surface area contributed by atoms with E-state index in [9.17, 15) is 14.7 Å². The van der Waals surface area contributed by atoms with E-state index < -0.39 is 17.3 Å². The van der Waals surface area contributed by atoms with Crippen LogP contribution in [-0.4, -0.2) is 23.0 Å². The first-order valence-electron chi connectivity index (χ1n) is 7.33. The molecule has 0 aromatic heterocycles. The molecule has 0 bridgehead atoms. The summed E-state index contributed by atoms with van der Waals surface area (Å²) in [4.78, 5) is 23.8. The van der Waals surface area contributed by atoms with Gasteiger partial charge in [-0.25, -0.2) is 0 Å². The van der Waals surface area contributed by atoms with E-state index in [4.69, 9.17) is 11.6 Å². The quantitative estimate of drug-likeness (QED) is 0.899. The van der Waals surface area contributed by atoms with Gasteiger partial charge < -0.3 is 10.4 Å². The van der Waals surface area contributed by atoms with Crippen molar-refractivity contribution >= 4 is 23.5 Å². The fourth-order valence-corrected chi connectivity index (χ4v) is 3.40. The summed E-state index contributed by atoms with van der Waals surface area (Å²) < 4.78 is 0. The average Bonchev–Trinajstić information content (AvgIpc) is 3.13. The Morgan fingerprint density at radius 3 is 2.43 bits per heavy atom. The molecule has 112 valence electrons. The number of benzene rings is 1. The third kappa shape index (κ3) is 2.64. The van der Waals surface area contributed by atoms with Crippen LogP contribution >= 0.6 is 11.6 Å². The van der Waals surface area contributed by atoms with Gasteiger partial charge in [0, 0.05) is 11.1 Å². The van der Waals surface area contributed by atoms with E-state index in [-0.39, 0.29) is 11.9 Å². The van der Waals surface area contributed by atoms with Gasteiger partial charge in [-0.1, -0.05) is 30.2 Å². The lowest BCUT2D eigenvalue weighted by Gasteiger charge is -2.22.